The number of aliphatic imine (C=N–C) groups is 1. The zero-order valence-electron chi connectivity index (χ0n) is 18.9. The lowest BCUT2D eigenvalue weighted by Crippen LogP contribution is -2.30. The van der Waals surface area contributed by atoms with E-state index < -0.39 is 0 Å². The van der Waals surface area contributed by atoms with Gasteiger partial charge in [-0.3, -0.25) is 4.79 Å². The van der Waals surface area contributed by atoms with Crippen LogP contribution in [0.2, 0.25) is 0 Å². The lowest BCUT2D eigenvalue weighted by Gasteiger charge is -2.26. The minimum atomic E-state index is 0.174. The first kappa shape index (κ1) is 22.5. The molecule has 0 aliphatic heterocycles. The second-order valence-corrected chi connectivity index (χ2v) is 9.33. The molecule has 1 fully saturated rings. The zero-order valence-corrected chi connectivity index (χ0v) is 19.7. The van der Waals surface area contributed by atoms with Crippen molar-refractivity contribution in [2.24, 2.45) is 10.9 Å². The summed E-state index contributed by atoms with van der Waals surface area (Å²) in [7, 11) is 3.76. The largest absolute Gasteiger partial charge is 0.366 e. The van der Waals surface area contributed by atoms with Gasteiger partial charge < -0.3 is 10.2 Å². The zero-order chi connectivity index (χ0) is 21.7. The van der Waals surface area contributed by atoms with Crippen molar-refractivity contribution in [2.45, 2.75) is 58.8 Å². The molecule has 1 aromatic heterocycles. The number of rotatable bonds is 7. The molecular formula is C24H34N4OS. The van der Waals surface area contributed by atoms with Crippen LogP contribution >= 0.6 is 11.3 Å². The van der Waals surface area contributed by atoms with Crippen LogP contribution in [0, 0.1) is 19.8 Å². The van der Waals surface area contributed by atoms with Gasteiger partial charge in [0.25, 0.3) is 0 Å². The van der Waals surface area contributed by atoms with Crippen LogP contribution in [-0.2, 0) is 11.2 Å². The van der Waals surface area contributed by atoms with E-state index >= 15 is 0 Å². The quantitative estimate of drug-likeness (QED) is 0.502. The van der Waals surface area contributed by atoms with Gasteiger partial charge in [0.2, 0.25) is 5.91 Å². The summed E-state index contributed by atoms with van der Waals surface area (Å²) in [5.41, 5.74) is 6.02. The minimum Gasteiger partial charge on any atom is -0.366 e. The number of thiazole rings is 1. The number of hydrogen-bond donors (Lipinski definition) is 1. The van der Waals surface area contributed by atoms with Gasteiger partial charge in [0.05, 0.1) is 22.7 Å². The molecule has 0 radical (unpaired) electrons. The van der Waals surface area contributed by atoms with E-state index in [0.717, 1.165) is 44.3 Å². The van der Waals surface area contributed by atoms with Gasteiger partial charge in [-0.1, -0.05) is 6.07 Å². The molecule has 1 aromatic carbocycles. The van der Waals surface area contributed by atoms with Gasteiger partial charge >= 0.3 is 0 Å². The van der Waals surface area contributed by atoms with Crippen LogP contribution in [0.5, 0.6) is 0 Å². The summed E-state index contributed by atoms with van der Waals surface area (Å²) < 4.78 is 0. The van der Waals surface area contributed by atoms with Crippen LogP contribution in [0.3, 0.4) is 0 Å². The molecule has 1 saturated carbocycles. The Hall–Kier alpha value is -2.21. The fraction of sp³-hybridized carbons (Fsp3) is 0.542. The van der Waals surface area contributed by atoms with Crippen LogP contribution in [0.25, 0.3) is 0 Å². The fourth-order valence-electron chi connectivity index (χ4n) is 4.04. The van der Waals surface area contributed by atoms with Gasteiger partial charge in [0.15, 0.2) is 0 Å². The van der Waals surface area contributed by atoms with E-state index in [9.17, 15) is 4.79 Å². The van der Waals surface area contributed by atoms with Crippen LogP contribution in [0.4, 0.5) is 5.69 Å². The Labute approximate surface area is 184 Å². The molecule has 2 aromatic rings. The van der Waals surface area contributed by atoms with Crippen LogP contribution in [0.15, 0.2) is 22.5 Å². The van der Waals surface area contributed by atoms with Crippen molar-refractivity contribution in [3.05, 3.63) is 44.9 Å². The van der Waals surface area contributed by atoms with E-state index in [2.05, 4.69) is 53.5 Å². The highest BCUT2D eigenvalue weighted by Gasteiger charge is 2.27. The summed E-state index contributed by atoms with van der Waals surface area (Å²) >= 11 is 1.76. The van der Waals surface area contributed by atoms with Crippen molar-refractivity contribution < 1.29 is 4.79 Å². The maximum absolute atomic E-state index is 11.9. The van der Waals surface area contributed by atoms with Crippen LogP contribution < -0.4 is 5.32 Å². The minimum absolute atomic E-state index is 0.174. The monoisotopic (exact) mass is 426 g/mol. The molecule has 0 spiro atoms. The lowest BCUT2D eigenvalue weighted by molar-refractivity contribution is -0.125. The third kappa shape index (κ3) is 5.48. The molecule has 1 N–H and O–H groups in total. The molecule has 3 rings (SSSR count). The Bertz CT molecular complexity index is 897. The van der Waals surface area contributed by atoms with E-state index in [0.29, 0.717) is 5.92 Å². The number of aromatic nitrogens is 1. The molecule has 0 unspecified atom stereocenters. The number of hydrogen-bond acceptors (Lipinski definition) is 4. The fourth-order valence-corrected chi connectivity index (χ4v) is 4.94. The number of amides is 1. The second kappa shape index (κ2) is 10.2. The molecule has 1 aliphatic rings. The Morgan fingerprint density at radius 3 is 2.67 bits per heavy atom. The van der Waals surface area contributed by atoms with Crippen molar-refractivity contribution in [2.75, 3.05) is 20.6 Å². The predicted octanol–water partition coefficient (Wildman–Crippen LogP) is 4.98. The lowest BCUT2D eigenvalue weighted by atomic mass is 9.80. The highest BCUT2D eigenvalue weighted by molar-refractivity contribution is 7.09. The Kier molecular flexibility index (Phi) is 7.64. The number of nitrogens with one attached hydrogen (secondary N) is 1. The molecular weight excluding hydrogens is 392 g/mol. The predicted molar refractivity (Wildman–Crippen MR) is 126 cm³/mol. The molecule has 1 aliphatic carbocycles. The standard InChI is InChI=1S/C24H34N4OS/c1-6-28(5)15-26-21-12-16(2)20(11-17(21)3)13-23-27-22(14-30-23)18-7-9-19(10-8-18)24(29)25-4/h11-12,14-15,18-19H,6-10,13H2,1-5H3,(H,25,29). The maximum atomic E-state index is 11.9. The van der Waals surface area contributed by atoms with Gasteiger partial charge in [-0.2, -0.15) is 0 Å². The molecule has 1 amide bonds. The maximum Gasteiger partial charge on any atom is 0.222 e. The SMILES string of the molecule is CCN(C)C=Nc1cc(C)c(Cc2nc(C3CCC(C(=O)NC)CC3)cs2)cc1C. The van der Waals surface area contributed by atoms with Crippen molar-refractivity contribution in [1.82, 2.24) is 15.2 Å². The van der Waals surface area contributed by atoms with Crippen LogP contribution in [-0.4, -0.2) is 42.8 Å². The van der Waals surface area contributed by atoms with Gasteiger partial charge in [0, 0.05) is 44.3 Å². The summed E-state index contributed by atoms with van der Waals surface area (Å²) in [4.78, 5) is 23.5. The first-order valence-electron chi connectivity index (χ1n) is 10.9. The Balaban J connectivity index is 1.65. The van der Waals surface area contributed by atoms with Gasteiger partial charge in [-0.25, -0.2) is 9.98 Å². The molecule has 6 heteroatoms. The van der Waals surface area contributed by atoms with E-state index in [1.54, 1.807) is 18.4 Å². The third-order valence-electron chi connectivity index (χ3n) is 6.22. The van der Waals surface area contributed by atoms with Crippen molar-refractivity contribution >= 4 is 29.3 Å². The van der Waals surface area contributed by atoms with Crippen LogP contribution in [0.1, 0.15) is 65.9 Å². The number of benzene rings is 1. The first-order chi connectivity index (χ1) is 14.4. The Morgan fingerprint density at radius 2 is 2.00 bits per heavy atom. The number of aryl methyl sites for hydroxylation is 2. The average molecular weight is 427 g/mol. The van der Waals surface area contributed by atoms with E-state index in [4.69, 9.17) is 4.98 Å². The van der Waals surface area contributed by atoms with Crippen molar-refractivity contribution in [3.8, 4) is 0 Å². The molecule has 0 bridgehead atoms. The van der Waals surface area contributed by atoms with Gasteiger partial charge in [-0.15, -0.1) is 11.3 Å². The second-order valence-electron chi connectivity index (χ2n) is 8.39. The van der Waals surface area contributed by atoms with E-state index in [-0.39, 0.29) is 11.8 Å². The first-order valence-corrected chi connectivity index (χ1v) is 11.8. The molecule has 30 heavy (non-hydrogen) atoms. The third-order valence-corrected chi connectivity index (χ3v) is 7.09. The van der Waals surface area contributed by atoms with Gasteiger partial charge in [-0.05, 0) is 69.2 Å². The van der Waals surface area contributed by atoms with E-state index in [1.165, 1.54) is 27.4 Å². The number of carbonyl (C=O) groups excluding carboxylic acids is 1. The molecule has 0 atom stereocenters. The number of nitrogens with zero attached hydrogens (tertiary/aromatic N) is 3. The molecule has 1 heterocycles. The molecule has 162 valence electrons. The average Bonchev–Trinajstić information content (AvgIpc) is 3.22. The van der Waals surface area contributed by atoms with E-state index in [1.807, 2.05) is 13.4 Å². The van der Waals surface area contributed by atoms with Gasteiger partial charge in [0.1, 0.15) is 0 Å². The smallest absolute Gasteiger partial charge is 0.222 e. The topological polar surface area (TPSA) is 57.6 Å². The summed E-state index contributed by atoms with van der Waals surface area (Å²) in [6, 6.07) is 4.43. The number of carbonyl (C=O) groups is 1. The summed E-state index contributed by atoms with van der Waals surface area (Å²) in [5, 5.41) is 6.18. The summed E-state index contributed by atoms with van der Waals surface area (Å²) in [5.74, 6) is 0.853. The molecule has 0 saturated heterocycles. The van der Waals surface area contributed by atoms with Crippen molar-refractivity contribution in [3.63, 3.8) is 0 Å². The van der Waals surface area contributed by atoms with Crippen molar-refractivity contribution in [1.29, 1.82) is 0 Å². The summed E-state index contributed by atoms with van der Waals surface area (Å²) in [6.45, 7) is 7.34. The molecule has 5 nitrogen and oxygen atoms in total. The highest BCUT2D eigenvalue weighted by atomic mass is 32.1. The Morgan fingerprint density at radius 1 is 1.27 bits per heavy atom. The summed E-state index contributed by atoms with van der Waals surface area (Å²) in [6.07, 6.45) is 6.79. The highest BCUT2D eigenvalue weighted by Crippen LogP contribution is 2.36. The normalized spacial score (nSPS) is 19.2.